The minimum atomic E-state index is -0.646. The number of benzene rings is 1. The number of nitrogens with one attached hydrogen (secondary N) is 3. The van der Waals surface area contributed by atoms with Crippen molar-refractivity contribution >= 4 is 30.0 Å². The lowest BCUT2D eigenvalue weighted by Gasteiger charge is -2.11. The van der Waals surface area contributed by atoms with Crippen LogP contribution < -0.4 is 21.7 Å². The van der Waals surface area contributed by atoms with Gasteiger partial charge >= 0.3 is 6.03 Å². The zero-order valence-corrected chi connectivity index (χ0v) is 11.1. The molecule has 0 aromatic heterocycles. The van der Waals surface area contributed by atoms with Crippen LogP contribution in [0.1, 0.15) is 16.8 Å². The summed E-state index contributed by atoms with van der Waals surface area (Å²) in [4.78, 5) is 22.7. The summed E-state index contributed by atoms with van der Waals surface area (Å²) in [6, 6.07) is 6.20. The van der Waals surface area contributed by atoms with Crippen LogP contribution in [0.3, 0.4) is 0 Å². The average Bonchev–Trinajstić information content (AvgIpc) is 2.81. The minimum Gasteiger partial charge on any atom is -0.351 e. The van der Waals surface area contributed by atoms with Crippen molar-refractivity contribution in [2.24, 2.45) is 5.73 Å². The molecular formula is C12H17ClN4O2. The molecular weight excluding hydrogens is 268 g/mol. The van der Waals surface area contributed by atoms with Crippen LogP contribution in [0.25, 0.3) is 0 Å². The Bertz CT molecular complexity index is 461. The molecule has 1 saturated heterocycles. The standard InChI is InChI=1S/C12H16N4O2.ClH/c13-12(18)16-9-3-1-2-8(6-9)11(17)15-10-4-5-14-7-10;/h1-3,6,10,14H,4-5,7H2,(H,15,17)(H3,13,16,18);1H. The van der Waals surface area contributed by atoms with Crippen LogP contribution in [0.4, 0.5) is 10.5 Å². The maximum Gasteiger partial charge on any atom is 0.316 e. The van der Waals surface area contributed by atoms with E-state index in [1.807, 2.05) is 0 Å². The molecule has 1 atom stereocenters. The lowest BCUT2D eigenvalue weighted by atomic mass is 10.1. The Morgan fingerprint density at radius 1 is 1.37 bits per heavy atom. The van der Waals surface area contributed by atoms with Gasteiger partial charge in [0.25, 0.3) is 5.91 Å². The summed E-state index contributed by atoms with van der Waals surface area (Å²) < 4.78 is 0. The Morgan fingerprint density at radius 2 is 2.16 bits per heavy atom. The molecule has 0 aliphatic carbocycles. The largest absolute Gasteiger partial charge is 0.351 e. The van der Waals surface area contributed by atoms with Crippen molar-refractivity contribution in [1.82, 2.24) is 10.6 Å². The molecule has 1 fully saturated rings. The number of anilines is 1. The highest BCUT2D eigenvalue weighted by Crippen LogP contribution is 2.11. The lowest BCUT2D eigenvalue weighted by molar-refractivity contribution is 0.0940. The molecule has 0 bridgehead atoms. The first kappa shape index (κ1) is 15.3. The molecule has 5 N–H and O–H groups in total. The number of halogens is 1. The van der Waals surface area contributed by atoms with Crippen molar-refractivity contribution in [3.8, 4) is 0 Å². The molecule has 0 radical (unpaired) electrons. The smallest absolute Gasteiger partial charge is 0.316 e. The van der Waals surface area contributed by atoms with Gasteiger partial charge in [-0.25, -0.2) is 4.79 Å². The fraction of sp³-hybridized carbons (Fsp3) is 0.333. The minimum absolute atomic E-state index is 0. The molecule has 1 aromatic rings. The molecule has 0 spiro atoms. The second kappa shape index (κ2) is 6.96. The summed E-state index contributed by atoms with van der Waals surface area (Å²) in [6.07, 6.45) is 0.935. The highest BCUT2D eigenvalue weighted by atomic mass is 35.5. The number of carbonyl (C=O) groups is 2. The van der Waals surface area contributed by atoms with Gasteiger partial charge in [0.05, 0.1) is 0 Å². The van der Waals surface area contributed by atoms with Crippen molar-refractivity contribution in [3.05, 3.63) is 29.8 Å². The number of carbonyl (C=O) groups excluding carboxylic acids is 2. The second-order valence-corrected chi connectivity index (χ2v) is 4.23. The van der Waals surface area contributed by atoms with Crippen LogP contribution in [-0.2, 0) is 0 Å². The molecule has 7 heteroatoms. The lowest BCUT2D eigenvalue weighted by Crippen LogP contribution is -2.36. The van der Waals surface area contributed by atoms with E-state index in [0.717, 1.165) is 19.5 Å². The van der Waals surface area contributed by atoms with Gasteiger partial charge in [-0.05, 0) is 31.2 Å². The van der Waals surface area contributed by atoms with E-state index in [2.05, 4.69) is 16.0 Å². The van der Waals surface area contributed by atoms with E-state index in [1.165, 1.54) is 0 Å². The van der Waals surface area contributed by atoms with Gasteiger partial charge in [-0.3, -0.25) is 4.79 Å². The van der Waals surface area contributed by atoms with Gasteiger partial charge in [0, 0.05) is 23.8 Å². The van der Waals surface area contributed by atoms with Crippen molar-refractivity contribution in [2.75, 3.05) is 18.4 Å². The molecule has 1 aliphatic rings. The van der Waals surface area contributed by atoms with Crippen LogP contribution in [0.5, 0.6) is 0 Å². The molecule has 0 saturated carbocycles. The monoisotopic (exact) mass is 284 g/mol. The molecule has 1 unspecified atom stereocenters. The summed E-state index contributed by atoms with van der Waals surface area (Å²) in [6.45, 7) is 1.72. The Labute approximate surface area is 117 Å². The van der Waals surface area contributed by atoms with Crippen molar-refractivity contribution in [2.45, 2.75) is 12.5 Å². The molecule has 1 heterocycles. The zero-order valence-electron chi connectivity index (χ0n) is 10.3. The van der Waals surface area contributed by atoms with Crippen molar-refractivity contribution < 1.29 is 9.59 Å². The number of urea groups is 1. The van der Waals surface area contributed by atoms with Crippen LogP contribution >= 0.6 is 12.4 Å². The summed E-state index contributed by atoms with van der Waals surface area (Å²) in [5.41, 5.74) is 6.05. The number of amides is 3. The molecule has 2 rings (SSSR count). The summed E-state index contributed by atoms with van der Waals surface area (Å²) in [5, 5.41) is 8.55. The van der Waals surface area contributed by atoms with Gasteiger partial charge in [0.1, 0.15) is 0 Å². The van der Waals surface area contributed by atoms with E-state index in [4.69, 9.17) is 5.73 Å². The zero-order chi connectivity index (χ0) is 13.0. The maximum atomic E-state index is 12.0. The van der Waals surface area contributed by atoms with E-state index in [0.29, 0.717) is 11.3 Å². The third-order valence-corrected chi connectivity index (χ3v) is 2.79. The number of rotatable bonds is 3. The molecule has 6 nitrogen and oxygen atoms in total. The summed E-state index contributed by atoms with van der Waals surface area (Å²) >= 11 is 0. The van der Waals surface area contributed by atoms with Crippen LogP contribution in [-0.4, -0.2) is 31.1 Å². The van der Waals surface area contributed by atoms with Crippen LogP contribution in [0.2, 0.25) is 0 Å². The Hall–Kier alpha value is -1.79. The first-order valence-corrected chi connectivity index (χ1v) is 5.83. The quantitative estimate of drug-likeness (QED) is 0.657. The summed E-state index contributed by atoms with van der Waals surface area (Å²) in [7, 11) is 0. The van der Waals surface area contributed by atoms with E-state index < -0.39 is 6.03 Å². The molecule has 3 amide bonds. The summed E-state index contributed by atoms with van der Waals surface area (Å²) in [5.74, 6) is -0.142. The van der Waals surface area contributed by atoms with E-state index in [-0.39, 0.29) is 24.4 Å². The van der Waals surface area contributed by atoms with Gasteiger partial charge in [0.2, 0.25) is 0 Å². The Balaban J connectivity index is 0.00000180. The van der Waals surface area contributed by atoms with Gasteiger partial charge in [-0.1, -0.05) is 6.07 Å². The molecule has 1 aliphatic heterocycles. The highest BCUT2D eigenvalue weighted by Gasteiger charge is 2.17. The third-order valence-electron chi connectivity index (χ3n) is 2.79. The first-order valence-electron chi connectivity index (χ1n) is 5.83. The fourth-order valence-electron chi connectivity index (χ4n) is 1.93. The van der Waals surface area contributed by atoms with Gasteiger partial charge in [0.15, 0.2) is 0 Å². The average molecular weight is 285 g/mol. The number of nitrogens with two attached hydrogens (primary N) is 1. The normalized spacial score (nSPS) is 17.4. The van der Waals surface area contributed by atoms with Crippen LogP contribution in [0.15, 0.2) is 24.3 Å². The predicted octanol–water partition coefficient (Wildman–Crippen LogP) is 0.691. The third kappa shape index (κ3) is 4.42. The Morgan fingerprint density at radius 3 is 2.79 bits per heavy atom. The van der Waals surface area contributed by atoms with E-state index in [9.17, 15) is 9.59 Å². The van der Waals surface area contributed by atoms with Gasteiger partial charge < -0.3 is 21.7 Å². The second-order valence-electron chi connectivity index (χ2n) is 4.23. The predicted molar refractivity (Wildman–Crippen MR) is 75.6 cm³/mol. The maximum absolute atomic E-state index is 12.0. The number of primary amides is 1. The topological polar surface area (TPSA) is 96.2 Å². The molecule has 19 heavy (non-hydrogen) atoms. The SMILES string of the molecule is Cl.NC(=O)Nc1cccc(C(=O)NC2CCNC2)c1. The molecule has 104 valence electrons. The van der Waals surface area contributed by atoms with Gasteiger partial charge in [-0.15, -0.1) is 12.4 Å². The van der Waals surface area contributed by atoms with E-state index >= 15 is 0 Å². The number of hydrogen-bond acceptors (Lipinski definition) is 3. The Kier molecular flexibility index (Phi) is 5.59. The highest BCUT2D eigenvalue weighted by molar-refractivity contribution is 5.96. The molecule has 1 aromatic carbocycles. The number of hydrogen-bond donors (Lipinski definition) is 4. The van der Waals surface area contributed by atoms with Crippen LogP contribution in [0, 0.1) is 0 Å². The van der Waals surface area contributed by atoms with E-state index in [1.54, 1.807) is 24.3 Å². The first-order chi connectivity index (χ1) is 8.65. The van der Waals surface area contributed by atoms with Gasteiger partial charge in [-0.2, -0.15) is 0 Å². The fourth-order valence-corrected chi connectivity index (χ4v) is 1.93. The van der Waals surface area contributed by atoms with Crippen molar-refractivity contribution in [3.63, 3.8) is 0 Å². The van der Waals surface area contributed by atoms with Crippen molar-refractivity contribution in [1.29, 1.82) is 0 Å².